The van der Waals surface area contributed by atoms with Crippen molar-refractivity contribution in [3.8, 4) is 24.0 Å². The van der Waals surface area contributed by atoms with Gasteiger partial charge >= 0.3 is 6.36 Å². The van der Waals surface area contributed by atoms with E-state index in [1.165, 1.54) is 18.3 Å². The van der Waals surface area contributed by atoms with Crippen molar-refractivity contribution in [1.29, 1.82) is 15.8 Å². The number of rotatable bonds is 3. The third-order valence-electron chi connectivity index (χ3n) is 6.89. The molecule has 0 fully saturated rings. The number of pyridine rings is 1. The van der Waals surface area contributed by atoms with E-state index in [1.807, 2.05) is 13.0 Å². The van der Waals surface area contributed by atoms with Crippen LogP contribution in [0.3, 0.4) is 0 Å². The van der Waals surface area contributed by atoms with Gasteiger partial charge in [0.1, 0.15) is 11.8 Å². The molecule has 0 aliphatic heterocycles. The van der Waals surface area contributed by atoms with Crippen LogP contribution < -0.4 is 4.74 Å². The number of ether oxygens (including phenoxy) is 1. The summed E-state index contributed by atoms with van der Waals surface area (Å²) in [5.74, 6) is -0.581. The number of nitrogens with zero attached hydrogens (tertiary/aromatic N) is 7. The van der Waals surface area contributed by atoms with Gasteiger partial charge < -0.3 is 4.74 Å². The van der Waals surface area contributed by atoms with Gasteiger partial charge in [-0.05, 0) is 58.5 Å². The predicted molar refractivity (Wildman–Crippen MR) is 153 cm³/mol. The largest absolute Gasteiger partial charge is 0.573 e. The van der Waals surface area contributed by atoms with E-state index in [1.54, 1.807) is 30.3 Å². The maximum Gasteiger partial charge on any atom is 0.573 e. The molecule has 5 rings (SSSR count). The average molecular weight is 580 g/mol. The molecule has 206 valence electrons. The standard InChI is InChI=1S/C33H12F3N7O/c1-17-5-8-20-22(11-17)24(13-37)28(29(20)26(14-38)40-2)18-6-10-25(43-16-18)31-30(27(15-39)41-3)21-9-7-19(44-33(34,35)36)12-23(21)32(31)42-4/h5-12,16H,1H3/b29-26+,30-27-. The molecule has 3 aromatic rings. The molecule has 1 heterocycles. The molecule has 0 spiro atoms. The molecule has 2 aliphatic rings. The minimum Gasteiger partial charge on any atom is -0.406 e. The fourth-order valence-corrected chi connectivity index (χ4v) is 5.22. The lowest BCUT2D eigenvalue weighted by Crippen LogP contribution is -2.17. The molecule has 1 aromatic heterocycles. The lowest BCUT2D eigenvalue weighted by Gasteiger charge is -2.12. The van der Waals surface area contributed by atoms with Crippen LogP contribution in [0.4, 0.5) is 13.2 Å². The van der Waals surface area contributed by atoms with Gasteiger partial charge in [-0.2, -0.15) is 5.26 Å². The lowest BCUT2D eigenvalue weighted by molar-refractivity contribution is -0.274. The Balaban J connectivity index is 1.73. The van der Waals surface area contributed by atoms with Gasteiger partial charge in [0, 0.05) is 22.9 Å². The molecule has 0 unspecified atom stereocenters. The average Bonchev–Trinajstić information content (AvgIpc) is 3.49. The second kappa shape index (κ2) is 10.8. The summed E-state index contributed by atoms with van der Waals surface area (Å²) in [4.78, 5) is 14.7. The van der Waals surface area contributed by atoms with E-state index < -0.39 is 17.8 Å². The van der Waals surface area contributed by atoms with E-state index in [-0.39, 0.29) is 50.5 Å². The van der Waals surface area contributed by atoms with Gasteiger partial charge in [0.25, 0.3) is 11.4 Å². The van der Waals surface area contributed by atoms with Crippen molar-refractivity contribution in [1.82, 2.24) is 4.98 Å². The molecule has 2 aliphatic carbocycles. The van der Waals surface area contributed by atoms with Crippen molar-refractivity contribution in [3.05, 3.63) is 139 Å². The maximum atomic E-state index is 12.9. The first kappa shape index (κ1) is 28.6. The van der Waals surface area contributed by atoms with E-state index in [2.05, 4.69) is 30.3 Å². The van der Waals surface area contributed by atoms with Gasteiger partial charge in [0.15, 0.2) is 0 Å². The SMILES string of the molecule is [C-]#[N+]C1=C(c2ccc(C3=C(C#N)c4cc(C)ccc4/C3=C(/C#N)[N+]#[C-])cn2)/C(=C(/C#N)[N+]#[C-])c2ccc(OC(F)(F)F)cc21. The number of fused-ring (bicyclic) bond motifs is 2. The number of hydrogen-bond acceptors (Lipinski definition) is 5. The van der Waals surface area contributed by atoms with Crippen LogP contribution in [-0.2, 0) is 0 Å². The van der Waals surface area contributed by atoms with E-state index in [0.29, 0.717) is 22.3 Å². The second-order valence-electron chi connectivity index (χ2n) is 9.33. The van der Waals surface area contributed by atoms with Crippen molar-refractivity contribution in [2.24, 2.45) is 0 Å². The van der Waals surface area contributed by atoms with Gasteiger partial charge in [-0.1, -0.05) is 35.9 Å². The molecule has 8 nitrogen and oxygen atoms in total. The third-order valence-corrected chi connectivity index (χ3v) is 6.89. The fourth-order valence-electron chi connectivity index (χ4n) is 5.22. The van der Waals surface area contributed by atoms with E-state index in [4.69, 9.17) is 19.7 Å². The molecular weight excluding hydrogens is 567 g/mol. The minimum absolute atomic E-state index is 0.0309. The summed E-state index contributed by atoms with van der Waals surface area (Å²) in [5, 5.41) is 29.6. The molecule has 0 radical (unpaired) electrons. The number of aromatic nitrogens is 1. The Morgan fingerprint density at radius 2 is 1.45 bits per heavy atom. The summed E-state index contributed by atoms with van der Waals surface area (Å²) in [6.45, 7) is 24.8. The quantitative estimate of drug-likeness (QED) is 0.232. The molecular formula is C33H12F3N7O. The molecule has 0 saturated carbocycles. The third kappa shape index (κ3) is 4.60. The number of alkyl halides is 3. The Labute approximate surface area is 248 Å². The Morgan fingerprint density at radius 1 is 0.818 bits per heavy atom. The normalized spacial score (nSPS) is 15.5. The monoisotopic (exact) mass is 579 g/mol. The Morgan fingerprint density at radius 3 is 2.00 bits per heavy atom. The van der Waals surface area contributed by atoms with Crippen molar-refractivity contribution in [2.45, 2.75) is 13.3 Å². The summed E-state index contributed by atoms with van der Waals surface area (Å²) >= 11 is 0. The number of nitriles is 3. The summed E-state index contributed by atoms with van der Waals surface area (Å²) in [5.41, 5.74) is 2.85. The number of hydrogen-bond donors (Lipinski definition) is 0. The number of aryl methyl sites for hydroxylation is 1. The van der Waals surface area contributed by atoms with Crippen LogP contribution in [0.15, 0.2) is 66.1 Å². The Kier molecular flexibility index (Phi) is 7.03. The molecule has 0 amide bonds. The van der Waals surface area contributed by atoms with Crippen molar-refractivity contribution < 1.29 is 17.9 Å². The molecule has 44 heavy (non-hydrogen) atoms. The van der Waals surface area contributed by atoms with Crippen LogP contribution in [0, 0.1) is 60.6 Å². The first-order valence-electron chi connectivity index (χ1n) is 12.4. The smallest absolute Gasteiger partial charge is 0.406 e. The van der Waals surface area contributed by atoms with Crippen molar-refractivity contribution in [2.75, 3.05) is 0 Å². The fraction of sp³-hybridized carbons (Fsp3) is 0.0606. The summed E-state index contributed by atoms with van der Waals surface area (Å²) in [7, 11) is 0. The summed E-state index contributed by atoms with van der Waals surface area (Å²) in [6, 6.07) is 17.5. The number of benzene rings is 2. The molecule has 0 saturated heterocycles. The van der Waals surface area contributed by atoms with Crippen LogP contribution in [0.5, 0.6) is 5.75 Å². The Hall–Kier alpha value is -6.92. The molecule has 2 aromatic carbocycles. The van der Waals surface area contributed by atoms with Gasteiger partial charge in [-0.25, -0.2) is 25.1 Å². The number of allylic oxidation sites excluding steroid dienone is 7. The highest BCUT2D eigenvalue weighted by atomic mass is 19.4. The van der Waals surface area contributed by atoms with Crippen LogP contribution in [0.1, 0.15) is 39.1 Å². The van der Waals surface area contributed by atoms with Gasteiger partial charge in [-0.15, -0.1) is 13.2 Å². The van der Waals surface area contributed by atoms with E-state index in [0.717, 1.165) is 17.7 Å². The van der Waals surface area contributed by atoms with Gasteiger partial charge in [-0.3, -0.25) is 4.98 Å². The maximum absolute atomic E-state index is 12.9. The van der Waals surface area contributed by atoms with Crippen molar-refractivity contribution in [3.63, 3.8) is 0 Å². The second-order valence-corrected chi connectivity index (χ2v) is 9.33. The molecule has 0 N–H and O–H groups in total. The topological polar surface area (TPSA) is 107 Å². The van der Waals surface area contributed by atoms with Gasteiger partial charge in [0.2, 0.25) is 5.70 Å². The zero-order valence-corrected chi connectivity index (χ0v) is 22.4. The first-order valence-corrected chi connectivity index (χ1v) is 12.4. The zero-order valence-electron chi connectivity index (χ0n) is 22.4. The van der Waals surface area contributed by atoms with Crippen LogP contribution in [-0.4, -0.2) is 11.3 Å². The number of halogens is 3. The highest BCUT2D eigenvalue weighted by molar-refractivity contribution is 6.26. The highest BCUT2D eigenvalue weighted by Gasteiger charge is 2.35. The predicted octanol–water partition coefficient (Wildman–Crippen LogP) is 7.85. The Bertz CT molecular complexity index is 2160. The minimum atomic E-state index is -4.98. The summed E-state index contributed by atoms with van der Waals surface area (Å²) in [6.07, 6.45) is -3.61. The van der Waals surface area contributed by atoms with Crippen LogP contribution in [0.25, 0.3) is 48.1 Å². The zero-order chi connectivity index (χ0) is 31.8. The van der Waals surface area contributed by atoms with Crippen molar-refractivity contribution >= 4 is 33.6 Å². The summed E-state index contributed by atoms with van der Waals surface area (Å²) < 4.78 is 42.8. The van der Waals surface area contributed by atoms with Crippen LogP contribution in [0.2, 0.25) is 0 Å². The first-order chi connectivity index (χ1) is 21.1. The van der Waals surface area contributed by atoms with Crippen LogP contribution >= 0.6 is 0 Å². The highest BCUT2D eigenvalue weighted by Crippen LogP contribution is 2.51. The lowest BCUT2D eigenvalue weighted by atomic mass is 9.94. The van der Waals surface area contributed by atoms with Gasteiger partial charge in [0.05, 0.1) is 43.1 Å². The molecule has 0 bridgehead atoms. The van der Waals surface area contributed by atoms with E-state index >= 15 is 0 Å². The van der Waals surface area contributed by atoms with E-state index in [9.17, 15) is 29.0 Å². The molecule has 0 atom stereocenters. The molecule has 11 heteroatoms.